The summed E-state index contributed by atoms with van der Waals surface area (Å²) in [6.07, 6.45) is 3.11. The number of pyridine rings is 1. The number of thiazole rings is 1. The van der Waals surface area contributed by atoms with Crippen molar-refractivity contribution in [1.82, 2.24) is 15.3 Å². The van der Waals surface area contributed by atoms with E-state index in [1.165, 1.54) is 23.6 Å². The highest BCUT2D eigenvalue weighted by Gasteiger charge is 2.08. The predicted molar refractivity (Wildman–Crippen MR) is 74.8 cm³/mol. The number of rotatable bonds is 4. The van der Waals surface area contributed by atoms with Crippen LogP contribution in [0.5, 0.6) is 0 Å². The second-order valence-corrected chi connectivity index (χ2v) is 5.26. The summed E-state index contributed by atoms with van der Waals surface area (Å²) in [6, 6.07) is 3.08. The Kier molecular flexibility index (Phi) is 4.26. The van der Waals surface area contributed by atoms with Gasteiger partial charge >= 0.3 is 0 Å². The third-order valence-corrected chi connectivity index (χ3v) is 3.40. The van der Waals surface area contributed by atoms with Crippen molar-refractivity contribution in [2.24, 2.45) is 10.9 Å². The molecule has 0 bridgehead atoms. The molecular formula is C12H13N5O2S. The van der Waals surface area contributed by atoms with Gasteiger partial charge in [-0.2, -0.15) is 0 Å². The van der Waals surface area contributed by atoms with Crippen molar-refractivity contribution >= 4 is 23.1 Å². The summed E-state index contributed by atoms with van der Waals surface area (Å²) < 4.78 is 0. The molecule has 0 aromatic carbocycles. The van der Waals surface area contributed by atoms with E-state index in [1.807, 2.05) is 6.92 Å². The molecule has 2 heterocycles. The number of nitrogens with one attached hydrogen (secondary N) is 1. The Bertz CT molecular complexity index is 636. The van der Waals surface area contributed by atoms with E-state index in [-0.39, 0.29) is 17.4 Å². The summed E-state index contributed by atoms with van der Waals surface area (Å²) in [4.78, 5) is 20.9. The first-order valence-electron chi connectivity index (χ1n) is 5.73. The van der Waals surface area contributed by atoms with Gasteiger partial charge < -0.3 is 16.3 Å². The van der Waals surface area contributed by atoms with Crippen molar-refractivity contribution in [2.75, 3.05) is 0 Å². The second kappa shape index (κ2) is 6.11. The van der Waals surface area contributed by atoms with Crippen LogP contribution in [-0.2, 0) is 6.54 Å². The zero-order valence-electron chi connectivity index (χ0n) is 10.7. The molecule has 0 atom stereocenters. The Labute approximate surface area is 119 Å². The van der Waals surface area contributed by atoms with E-state index >= 15 is 0 Å². The minimum absolute atomic E-state index is 0.0513. The van der Waals surface area contributed by atoms with Gasteiger partial charge in [-0.25, -0.2) is 4.98 Å². The van der Waals surface area contributed by atoms with Crippen molar-refractivity contribution in [1.29, 1.82) is 0 Å². The van der Waals surface area contributed by atoms with E-state index in [4.69, 9.17) is 10.9 Å². The number of hydrogen-bond acceptors (Lipinski definition) is 6. The quantitative estimate of drug-likeness (QED) is 0.335. The number of hydrogen-bond donors (Lipinski definition) is 3. The van der Waals surface area contributed by atoms with Gasteiger partial charge in [-0.15, -0.1) is 11.3 Å². The minimum Gasteiger partial charge on any atom is -0.409 e. The molecule has 2 aromatic heterocycles. The van der Waals surface area contributed by atoms with Crippen LogP contribution >= 0.6 is 11.3 Å². The Morgan fingerprint density at radius 3 is 2.80 bits per heavy atom. The van der Waals surface area contributed by atoms with E-state index in [2.05, 4.69) is 20.4 Å². The fourth-order valence-electron chi connectivity index (χ4n) is 1.48. The van der Waals surface area contributed by atoms with Gasteiger partial charge in [0, 0.05) is 22.8 Å². The Morgan fingerprint density at radius 1 is 1.45 bits per heavy atom. The molecule has 7 nitrogen and oxygen atoms in total. The van der Waals surface area contributed by atoms with Crippen LogP contribution in [-0.4, -0.2) is 26.9 Å². The molecule has 20 heavy (non-hydrogen) atoms. The molecule has 0 aliphatic carbocycles. The maximum Gasteiger partial charge on any atom is 0.270 e. The maximum absolute atomic E-state index is 11.9. The van der Waals surface area contributed by atoms with Gasteiger partial charge in [0.25, 0.3) is 5.91 Å². The summed E-state index contributed by atoms with van der Waals surface area (Å²) in [5.74, 6) is -0.341. The van der Waals surface area contributed by atoms with Gasteiger partial charge in [0.1, 0.15) is 5.69 Å². The Hall–Kier alpha value is -2.48. The molecular weight excluding hydrogens is 278 g/mol. The first-order valence-corrected chi connectivity index (χ1v) is 6.55. The maximum atomic E-state index is 11.9. The number of nitrogens with zero attached hydrogens (tertiary/aromatic N) is 3. The number of amidine groups is 1. The monoisotopic (exact) mass is 291 g/mol. The van der Waals surface area contributed by atoms with Gasteiger partial charge in [0.2, 0.25) is 0 Å². The van der Waals surface area contributed by atoms with E-state index in [0.29, 0.717) is 12.1 Å². The molecule has 0 saturated carbocycles. The number of carbonyl (C=O) groups excluding carboxylic acids is 1. The molecule has 2 aromatic rings. The molecule has 1 amide bonds. The summed E-state index contributed by atoms with van der Waals surface area (Å²) in [5, 5.41) is 15.1. The second-order valence-electron chi connectivity index (χ2n) is 3.95. The van der Waals surface area contributed by atoms with Crippen LogP contribution in [0.15, 0.2) is 29.7 Å². The summed E-state index contributed by atoms with van der Waals surface area (Å²) in [6.45, 7) is 2.32. The molecule has 0 unspecified atom stereocenters. The van der Waals surface area contributed by atoms with Crippen molar-refractivity contribution in [2.45, 2.75) is 13.5 Å². The number of amides is 1. The van der Waals surface area contributed by atoms with Crippen molar-refractivity contribution in [3.63, 3.8) is 0 Å². The number of aryl methyl sites for hydroxylation is 1. The zero-order valence-corrected chi connectivity index (χ0v) is 11.5. The minimum atomic E-state index is -0.290. The van der Waals surface area contributed by atoms with Crippen molar-refractivity contribution in [3.05, 3.63) is 45.7 Å². The van der Waals surface area contributed by atoms with Crippen LogP contribution in [0.3, 0.4) is 0 Å². The fraction of sp³-hybridized carbons (Fsp3) is 0.167. The molecule has 0 aliphatic rings. The standard InChI is InChI=1S/C12H13N5O2S/c1-7-14-5-9(20-7)6-16-12(18)10-3-2-8(4-15-10)11(13)17-19/h2-5,19H,6H2,1H3,(H2,13,17)(H,16,18). The zero-order chi connectivity index (χ0) is 14.5. The van der Waals surface area contributed by atoms with E-state index in [9.17, 15) is 4.79 Å². The van der Waals surface area contributed by atoms with Crippen LogP contribution in [0, 0.1) is 6.92 Å². The first kappa shape index (κ1) is 13.9. The molecule has 2 rings (SSSR count). The first-order chi connectivity index (χ1) is 9.60. The third kappa shape index (κ3) is 3.29. The van der Waals surface area contributed by atoms with Gasteiger partial charge in [0.05, 0.1) is 11.6 Å². The lowest BCUT2D eigenvalue weighted by Crippen LogP contribution is -2.23. The summed E-state index contributed by atoms with van der Waals surface area (Å²) in [7, 11) is 0. The SMILES string of the molecule is Cc1ncc(CNC(=O)c2ccc(C(N)=NO)cn2)s1. The topological polar surface area (TPSA) is 113 Å². The van der Waals surface area contributed by atoms with Crippen LogP contribution in [0.2, 0.25) is 0 Å². The smallest absolute Gasteiger partial charge is 0.270 e. The molecule has 0 spiro atoms. The van der Waals surface area contributed by atoms with E-state index < -0.39 is 0 Å². The Morgan fingerprint density at radius 2 is 2.25 bits per heavy atom. The van der Waals surface area contributed by atoms with Gasteiger partial charge in [-0.1, -0.05) is 5.16 Å². The van der Waals surface area contributed by atoms with Crippen LogP contribution < -0.4 is 11.1 Å². The average molecular weight is 291 g/mol. The summed E-state index contributed by atoms with van der Waals surface area (Å²) in [5.41, 5.74) is 6.12. The molecule has 0 aliphatic heterocycles. The van der Waals surface area contributed by atoms with Crippen LogP contribution in [0.25, 0.3) is 0 Å². The molecule has 0 saturated heterocycles. The fourth-order valence-corrected chi connectivity index (χ4v) is 2.22. The average Bonchev–Trinajstić information content (AvgIpc) is 2.89. The lowest BCUT2D eigenvalue weighted by molar-refractivity contribution is 0.0946. The third-order valence-electron chi connectivity index (χ3n) is 2.49. The number of oxime groups is 1. The highest BCUT2D eigenvalue weighted by Crippen LogP contribution is 2.11. The lowest BCUT2D eigenvalue weighted by atomic mass is 10.2. The van der Waals surface area contributed by atoms with E-state index in [0.717, 1.165) is 9.88 Å². The van der Waals surface area contributed by atoms with E-state index in [1.54, 1.807) is 12.3 Å². The van der Waals surface area contributed by atoms with Crippen molar-refractivity contribution in [3.8, 4) is 0 Å². The molecule has 104 valence electrons. The number of aromatic nitrogens is 2. The summed E-state index contributed by atoms with van der Waals surface area (Å²) >= 11 is 1.53. The van der Waals surface area contributed by atoms with Crippen molar-refractivity contribution < 1.29 is 10.0 Å². The molecule has 4 N–H and O–H groups in total. The largest absolute Gasteiger partial charge is 0.409 e. The number of nitrogens with two attached hydrogens (primary N) is 1. The van der Waals surface area contributed by atoms with Gasteiger partial charge in [-0.3, -0.25) is 9.78 Å². The predicted octanol–water partition coefficient (Wildman–Crippen LogP) is 0.871. The highest BCUT2D eigenvalue weighted by molar-refractivity contribution is 7.11. The van der Waals surface area contributed by atoms with Crippen LogP contribution in [0.1, 0.15) is 25.9 Å². The molecule has 0 fully saturated rings. The molecule has 8 heteroatoms. The van der Waals surface area contributed by atoms with Gasteiger partial charge in [0.15, 0.2) is 5.84 Å². The normalized spacial score (nSPS) is 11.3. The molecule has 0 radical (unpaired) electrons. The van der Waals surface area contributed by atoms with Crippen LogP contribution in [0.4, 0.5) is 0 Å². The Balaban J connectivity index is 1.99. The highest BCUT2D eigenvalue weighted by atomic mass is 32.1. The van der Waals surface area contributed by atoms with Gasteiger partial charge in [-0.05, 0) is 19.1 Å². The number of carbonyl (C=O) groups is 1. The lowest BCUT2D eigenvalue weighted by Gasteiger charge is -2.03.